The Morgan fingerprint density at radius 1 is 1.29 bits per heavy atom. The van der Waals surface area contributed by atoms with Crippen molar-refractivity contribution in [3.8, 4) is 0 Å². The van der Waals surface area contributed by atoms with Crippen molar-refractivity contribution in [1.82, 2.24) is 9.55 Å². The van der Waals surface area contributed by atoms with E-state index in [1.165, 1.54) is 32.1 Å². The van der Waals surface area contributed by atoms with Crippen LogP contribution in [0.3, 0.4) is 0 Å². The maximum Gasteiger partial charge on any atom is 0.325 e. The smallest absolute Gasteiger partial charge is 0.312 e. The number of H-pyrrole nitrogens is 1. The second-order valence-corrected chi connectivity index (χ2v) is 3.81. The topological polar surface area (TPSA) is 37.8 Å². The predicted octanol–water partition coefficient (Wildman–Crippen LogP) is 2.23. The summed E-state index contributed by atoms with van der Waals surface area (Å²) in [6.07, 6.45) is 9.21. The van der Waals surface area contributed by atoms with E-state index in [0.29, 0.717) is 0 Å². The fraction of sp³-hybridized carbons (Fsp3) is 0.727. The first-order valence-corrected chi connectivity index (χ1v) is 5.49. The van der Waals surface area contributed by atoms with Gasteiger partial charge in [-0.25, -0.2) is 4.79 Å². The second-order valence-electron chi connectivity index (χ2n) is 3.81. The first-order chi connectivity index (χ1) is 6.75. The Bertz CT molecular complexity index is 311. The third kappa shape index (κ3) is 3.05. The van der Waals surface area contributed by atoms with Gasteiger partial charge < -0.3 is 4.98 Å². The summed E-state index contributed by atoms with van der Waals surface area (Å²) in [6.45, 7) is 2.22. The molecule has 14 heavy (non-hydrogen) atoms. The average molecular weight is 196 g/mol. The summed E-state index contributed by atoms with van der Waals surface area (Å²) in [5, 5.41) is 0. The van der Waals surface area contributed by atoms with Gasteiger partial charge in [-0.1, -0.05) is 32.6 Å². The number of nitrogens with one attached hydrogen (secondary N) is 1. The normalized spacial score (nSPS) is 10.7. The van der Waals surface area contributed by atoms with Gasteiger partial charge in [-0.3, -0.25) is 4.57 Å². The number of nitrogens with zero attached hydrogens (tertiary/aromatic N) is 1. The number of imidazole rings is 1. The van der Waals surface area contributed by atoms with Gasteiger partial charge in [-0.2, -0.15) is 0 Å². The van der Waals surface area contributed by atoms with E-state index in [1.807, 2.05) is 13.2 Å². The largest absolute Gasteiger partial charge is 0.325 e. The van der Waals surface area contributed by atoms with Crippen molar-refractivity contribution in [3.63, 3.8) is 0 Å². The molecule has 0 aliphatic heterocycles. The summed E-state index contributed by atoms with van der Waals surface area (Å²) >= 11 is 0. The average Bonchev–Trinajstić information content (AvgIpc) is 2.49. The summed E-state index contributed by atoms with van der Waals surface area (Å²) < 4.78 is 1.69. The van der Waals surface area contributed by atoms with E-state index in [2.05, 4.69) is 11.9 Å². The molecule has 0 aliphatic carbocycles. The van der Waals surface area contributed by atoms with Crippen molar-refractivity contribution in [2.75, 3.05) is 0 Å². The summed E-state index contributed by atoms with van der Waals surface area (Å²) in [4.78, 5) is 13.8. The molecule has 0 aliphatic rings. The summed E-state index contributed by atoms with van der Waals surface area (Å²) in [7, 11) is 1.82. The van der Waals surface area contributed by atoms with Crippen LogP contribution in [-0.2, 0) is 13.5 Å². The Balaban J connectivity index is 2.25. The molecule has 0 amide bonds. The van der Waals surface area contributed by atoms with Crippen LogP contribution in [-0.4, -0.2) is 9.55 Å². The van der Waals surface area contributed by atoms with Crippen LogP contribution in [0.2, 0.25) is 0 Å². The summed E-state index contributed by atoms with van der Waals surface area (Å²) in [5.74, 6) is 0. The fourth-order valence-electron chi connectivity index (χ4n) is 1.62. The highest BCUT2D eigenvalue weighted by atomic mass is 16.1. The highest BCUT2D eigenvalue weighted by Crippen LogP contribution is 2.06. The van der Waals surface area contributed by atoms with Crippen molar-refractivity contribution in [3.05, 3.63) is 22.4 Å². The molecule has 0 saturated heterocycles. The van der Waals surface area contributed by atoms with Gasteiger partial charge in [0.25, 0.3) is 0 Å². The van der Waals surface area contributed by atoms with Gasteiger partial charge >= 0.3 is 5.69 Å². The van der Waals surface area contributed by atoms with E-state index in [-0.39, 0.29) is 5.69 Å². The van der Waals surface area contributed by atoms with Gasteiger partial charge in [0, 0.05) is 18.9 Å². The Labute approximate surface area is 85.2 Å². The molecule has 80 valence electrons. The van der Waals surface area contributed by atoms with Gasteiger partial charge in [0.05, 0.1) is 0 Å². The Kier molecular flexibility index (Phi) is 4.50. The minimum atomic E-state index is -0.00596. The number of aromatic nitrogens is 2. The lowest BCUT2D eigenvalue weighted by Gasteiger charge is -2.01. The van der Waals surface area contributed by atoms with E-state index in [0.717, 1.165) is 12.1 Å². The molecule has 1 N–H and O–H groups in total. The zero-order valence-corrected chi connectivity index (χ0v) is 9.18. The molecule has 1 aromatic heterocycles. The van der Waals surface area contributed by atoms with Gasteiger partial charge in [0.15, 0.2) is 0 Å². The molecule has 0 saturated carbocycles. The SMILES string of the molecule is CCCCCCCc1c[nH]c(=O)n1C. The van der Waals surface area contributed by atoms with Gasteiger partial charge in [0.2, 0.25) is 0 Å². The summed E-state index contributed by atoms with van der Waals surface area (Å²) in [5.41, 5.74) is 1.11. The van der Waals surface area contributed by atoms with E-state index >= 15 is 0 Å². The highest BCUT2D eigenvalue weighted by molar-refractivity contribution is 4.97. The molecule has 0 bridgehead atoms. The lowest BCUT2D eigenvalue weighted by molar-refractivity contribution is 0.619. The first-order valence-electron chi connectivity index (χ1n) is 5.49. The lowest BCUT2D eigenvalue weighted by Crippen LogP contribution is -2.14. The van der Waals surface area contributed by atoms with E-state index in [1.54, 1.807) is 4.57 Å². The van der Waals surface area contributed by atoms with E-state index in [9.17, 15) is 4.79 Å². The minimum absolute atomic E-state index is 0.00596. The van der Waals surface area contributed by atoms with Crippen molar-refractivity contribution in [1.29, 1.82) is 0 Å². The predicted molar refractivity (Wildman–Crippen MR) is 58.5 cm³/mol. The number of aryl methyl sites for hydroxylation is 1. The van der Waals surface area contributed by atoms with Crippen LogP contribution in [0.5, 0.6) is 0 Å². The minimum Gasteiger partial charge on any atom is -0.312 e. The Hall–Kier alpha value is -0.990. The second kappa shape index (κ2) is 5.68. The van der Waals surface area contributed by atoms with Gasteiger partial charge in [0.1, 0.15) is 0 Å². The molecule has 3 heteroatoms. The van der Waals surface area contributed by atoms with E-state index in [4.69, 9.17) is 0 Å². The maximum absolute atomic E-state index is 11.1. The number of rotatable bonds is 6. The van der Waals surface area contributed by atoms with Crippen LogP contribution in [0.25, 0.3) is 0 Å². The third-order valence-corrected chi connectivity index (χ3v) is 2.63. The number of unbranched alkanes of at least 4 members (excludes halogenated alkanes) is 4. The maximum atomic E-state index is 11.1. The van der Waals surface area contributed by atoms with Crippen molar-refractivity contribution >= 4 is 0 Å². The van der Waals surface area contributed by atoms with Crippen LogP contribution in [0.15, 0.2) is 11.0 Å². The number of hydrogen-bond donors (Lipinski definition) is 1. The molecule has 0 aromatic carbocycles. The molecular formula is C11H20N2O. The number of hydrogen-bond acceptors (Lipinski definition) is 1. The monoisotopic (exact) mass is 196 g/mol. The molecule has 0 atom stereocenters. The first kappa shape index (κ1) is 11.1. The van der Waals surface area contributed by atoms with Crippen LogP contribution in [0, 0.1) is 0 Å². The fourth-order valence-corrected chi connectivity index (χ4v) is 1.62. The molecule has 0 spiro atoms. The standard InChI is InChI=1S/C11H20N2O/c1-3-4-5-6-7-8-10-9-12-11(14)13(10)2/h9H,3-8H2,1-2H3,(H,12,14). The molecule has 1 rings (SSSR count). The van der Waals surface area contributed by atoms with Crippen molar-refractivity contribution in [2.45, 2.75) is 45.4 Å². The van der Waals surface area contributed by atoms with Gasteiger partial charge in [-0.15, -0.1) is 0 Å². The zero-order valence-electron chi connectivity index (χ0n) is 9.18. The Morgan fingerprint density at radius 3 is 2.57 bits per heavy atom. The zero-order chi connectivity index (χ0) is 10.4. The molecular weight excluding hydrogens is 176 g/mol. The van der Waals surface area contributed by atoms with E-state index < -0.39 is 0 Å². The highest BCUT2D eigenvalue weighted by Gasteiger charge is 2.00. The molecule has 1 aromatic rings. The quantitative estimate of drug-likeness (QED) is 0.696. The third-order valence-electron chi connectivity index (χ3n) is 2.63. The molecule has 0 radical (unpaired) electrons. The van der Waals surface area contributed by atoms with Crippen LogP contribution < -0.4 is 5.69 Å². The van der Waals surface area contributed by atoms with Crippen LogP contribution >= 0.6 is 0 Å². The van der Waals surface area contributed by atoms with Crippen molar-refractivity contribution < 1.29 is 0 Å². The molecule has 0 fully saturated rings. The lowest BCUT2D eigenvalue weighted by atomic mass is 10.1. The molecule has 1 heterocycles. The Morgan fingerprint density at radius 2 is 2.00 bits per heavy atom. The summed E-state index contributed by atoms with van der Waals surface area (Å²) in [6, 6.07) is 0. The molecule has 0 unspecified atom stereocenters. The van der Waals surface area contributed by atoms with Crippen molar-refractivity contribution in [2.24, 2.45) is 7.05 Å². The van der Waals surface area contributed by atoms with Crippen LogP contribution in [0.4, 0.5) is 0 Å². The molecule has 3 nitrogen and oxygen atoms in total. The van der Waals surface area contributed by atoms with Crippen LogP contribution in [0.1, 0.15) is 44.7 Å². The number of aromatic amines is 1. The van der Waals surface area contributed by atoms with Gasteiger partial charge in [-0.05, 0) is 12.8 Å².